The average molecular weight is 713 g/mol. The minimum atomic E-state index is -4.30. The highest BCUT2D eigenvalue weighted by molar-refractivity contribution is 9.10. The lowest BCUT2D eigenvalue weighted by atomic mass is 10.0. The van der Waals surface area contributed by atoms with Crippen LogP contribution in [0.4, 0.5) is 5.69 Å². The molecule has 0 fully saturated rings. The van der Waals surface area contributed by atoms with Gasteiger partial charge in [-0.1, -0.05) is 87.7 Å². The molecule has 8 nitrogen and oxygen atoms in total. The van der Waals surface area contributed by atoms with E-state index in [0.29, 0.717) is 6.54 Å². The molecule has 2 amide bonds. The first kappa shape index (κ1) is 34.0. The summed E-state index contributed by atoms with van der Waals surface area (Å²) in [6.07, 6.45) is 0.220. The topological polar surface area (TPSA) is 96.0 Å². The third-order valence-corrected chi connectivity index (χ3v) is 9.66. The number of nitrogens with zero attached hydrogens (tertiary/aromatic N) is 2. The molecule has 0 saturated carbocycles. The van der Waals surface area contributed by atoms with Gasteiger partial charge in [0.15, 0.2) is 0 Å². The van der Waals surface area contributed by atoms with Crippen LogP contribution in [0.25, 0.3) is 0 Å². The van der Waals surface area contributed by atoms with Crippen LogP contribution in [0.15, 0.2) is 106 Å². The molecule has 0 aromatic heterocycles. The van der Waals surface area contributed by atoms with E-state index < -0.39 is 28.5 Å². The number of ether oxygens (including phenoxy) is 1. The van der Waals surface area contributed by atoms with Crippen molar-refractivity contribution in [2.45, 2.75) is 37.8 Å². The lowest BCUT2D eigenvalue weighted by molar-refractivity contribution is -0.140. The van der Waals surface area contributed by atoms with Gasteiger partial charge in [-0.2, -0.15) is 0 Å². The lowest BCUT2D eigenvalue weighted by Crippen LogP contribution is -2.53. The van der Waals surface area contributed by atoms with Crippen LogP contribution in [0.1, 0.15) is 23.6 Å². The lowest BCUT2D eigenvalue weighted by Gasteiger charge is -2.34. The molecule has 1 N–H and O–H groups in total. The normalized spacial score (nSPS) is 11.8. The second-order valence-electron chi connectivity index (χ2n) is 10.4. The Morgan fingerprint density at radius 2 is 1.62 bits per heavy atom. The predicted octanol–water partition coefficient (Wildman–Crippen LogP) is 6.39. The summed E-state index contributed by atoms with van der Waals surface area (Å²) < 4.78 is 35.8. The number of hydrogen-bond donors (Lipinski definition) is 1. The van der Waals surface area contributed by atoms with E-state index in [9.17, 15) is 18.0 Å². The zero-order valence-corrected chi connectivity index (χ0v) is 28.4. The fourth-order valence-electron chi connectivity index (χ4n) is 4.89. The molecule has 0 saturated heterocycles. The second-order valence-corrected chi connectivity index (χ2v) is 13.6. The summed E-state index contributed by atoms with van der Waals surface area (Å²) in [6.45, 7) is 3.45. The van der Waals surface area contributed by atoms with Crippen molar-refractivity contribution in [2.75, 3.05) is 24.5 Å². The summed E-state index contributed by atoms with van der Waals surface area (Å²) in [5.74, 6) is -0.719. The van der Waals surface area contributed by atoms with Gasteiger partial charge in [0.25, 0.3) is 10.0 Å². The Labute approximate surface area is 278 Å². The number of amides is 2. The van der Waals surface area contributed by atoms with Gasteiger partial charge in [0.1, 0.15) is 18.3 Å². The van der Waals surface area contributed by atoms with Crippen LogP contribution < -0.4 is 14.4 Å². The van der Waals surface area contributed by atoms with Crippen molar-refractivity contribution >= 4 is 55.1 Å². The summed E-state index contributed by atoms with van der Waals surface area (Å²) in [4.78, 5) is 29.6. The van der Waals surface area contributed by atoms with E-state index in [2.05, 4.69) is 21.2 Å². The highest BCUT2D eigenvalue weighted by Gasteiger charge is 2.35. The number of methoxy groups -OCH3 is 1. The number of rotatable bonds is 13. The van der Waals surface area contributed by atoms with Crippen LogP contribution in [0.3, 0.4) is 0 Å². The van der Waals surface area contributed by atoms with E-state index in [4.69, 9.17) is 16.3 Å². The first-order chi connectivity index (χ1) is 21.5. The molecule has 1 atom stereocenters. The van der Waals surface area contributed by atoms with Gasteiger partial charge in [-0.05, 0) is 67.4 Å². The molecule has 0 aliphatic carbocycles. The SMILES string of the molecule is CCNC(=O)[C@H](Cc1ccccc1)N(Cc1cccc(Br)c1)C(=O)CN(c1cc(Cl)ccc1OC)S(=O)(=O)c1ccc(C)cc1. The fraction of sp³-hybridized carbons (Fsp3) is 0.235. The molecule has 11 heteroatoms. The van der Waals surface area contributed by atoms with Gasteiger partial charge in [-0.3, -0.25) is 13.9 Å². The minimum absolute atomic E-state index is 0.00831. The molecule has 0 radical (unpaired) electrons. The van der Waals surface area contributed by atoms with E-state index in [1.807, 2.05) is 61.5 Å². The van der Waals surface area contributed by atoms with Crippen molar-refractivity contribution in [1.82, 2.24) is 10.2 Å². The van der Waals surface area contributed by atoms with E-state index in [0.717, 1.165) is 25.5 Å². The molecule has 0 bridgehead atoms. The smallest absolute Gasteiger partial charge is 0.264 e. The van der Waals surface area contributed by atoms with Crippen LogP contribution in [-0.2, 0) is 32.6 Å². The molecule has 0 aliphatic heterocycles. The van der Waals surface area contributed by atoms with Gasteiger partial charge in [0.2, 0.25) is 11.8 Å². The number of halogens is 2. The molecule has 4 aromatic rings. The van der Waals surface area contributed by atoms with Gasteiger partial charge >= 0.3 is 0 Å². The molecule has 236 valence electrons. The van der Waals surface area contributed by atoms with Crippen molar-refractivity contribution in [3.05, 3.63) is 123 Å². The third-order valence-electron chi connectivity index (χ3n) is 7.16. The van der Waals surface area contributed by atoms with Gasteiger partial charge < -0.3 is 15.0 Å². The molecular weight excluding hydrogens is 678 g/mol. The zero-order chi connectivity index (χ0) is 32.6. The Hall–Kier alpha value is -3.86. The number of sulfonamides is 1. The highest BCUT2D eigenvalue weighted by atomic mass is 79.9. The summed E-state index contributed by atoms with van der Waals surface area (Å²) in [5.41, 5.74) is 2.58. The van der Waals surface area contributed by atoms with Gasteiger partial charge in [-0.25, -0.2) is 8.42 Å². The van der Waals surface area contributed by atoms with Gasteiger partial charge in [0.05, 0.1) is 17.7 Å². The largest absolute Gasteiger partial charge is 0.495 e. The Kier molecular flexibility index (Phi) is 11.7. The Bertz CT molecular complexity index is 1740. The Morgan fingerprint density at radius 1 is 0.933 bits per heavy atom. The minimum Gasteiger partial charge on any atom is -0.495 e. The van der Waals surface area contributed by atoms with E-state index in [-0.39, 0.29) is 40.2 Å². The molecule has 0 spiro atoms. The monoisotopic (exact) mass is 711 g/mol. The van der Waals surface area contributed by atoms with Crippen LogP contribution in [0.5, 0.6) is 5.75 Å². The summed E-state index contributed by atoms with van der Waals surface area (Å²) in [6, 6.07) is 26.8. The third kappa shape index (κ3) is 8.65. The van der Waals surface area contributed by atoms with E-state index >= 15 is 0 Å². The number of benzene rings is 4. The standard InChI is InChI=1S/C34H35BrClN3O5S/c1-4-37-34(41)31(20-25-9-6-5-7-10-25)38(22-26-11-8-12-27(35)19-26)33(40)23-39(30-21-28(36)15-18-32(30)44-3)45(42,43)29-16-13-24(2)14-17-29/h5-19,21,31H,4,20,22-23H2,1-3H3,(H,37,41)/t31-/m0/s1. The summed E-state index contributed by atoms with van der Waals surface area (Å²) in [7, 11) is -2.89. The maximum Gasteiger partial charge on any atom is 0.264 e. The van der Waals surface area contributed by atoms with Crippen LogP contribution in [0.2, 0.25) is 5.02 Å². The van der Waals surface area contributed by atoms with Crippen LogP contribution in [0, 0.1) is 6.92 Å². The molecule has 0 heterocycles. The molecule has 45 heavy (non-hydrogen) atoms. The van der Waals surface area contributed by atoms with Crippen molar-refractivity contribution in [1.29, 1.82) is 0 Å². The number of hydrogen-bond acceptors (Lipinski definition) is 5. The number of carbonyl (C=O) groups excluding carboxylic acids is 2. The zero-order valence-electron chi connectivity index (χ0n) is 25.2. The number of aryl methyl sites for hydroxylation is 1. The maximum absolute atomic E-state index is 14.5. The van der Waals surface area contributed by atoms with Crippen LogP contribution >= 0.6 is 27.5 Å². The Morgan fingerprint density at radius 3 is 2.27 bits per heavy atom. The maximum atomic E-state index is 14.5. The fourth-order valence-corrected chi connectivity index (χ4v) is 6.92. The van der Waals surface area contributed by atoms with Crippen molar-refractivity contribution < 1.29 is 22.7 Å². The Balaban J connectivity index is 1.85. The summed E-state index contributed by atoms with van der Waals surface area (Å²) >= 11 is 9.83. The number of nitrogens with one attached hydrogen (secondary N) is 1. The highest BCUT2D eigenvalue weighted by Crippen LogP contribution is 2.35. The van der Waals surface area contributed by atoms with Crippen molar-refractivity contribution in [2.24, 2.45) is 0 Å². The first-order valence-electron chi connectivity index (χ1n) is 14.3. The quantitative estimate of drug-likeness (QED) is 0.173. The molecule has 0 aliphatic rings. The van der Waals surface area contributed by atoms with Crippen molar-refractivity contribution in [3.63, 3.8) is 0 Å². The second kappa shape index (κ2) is 15.4. The number of carbonyl (C=O) groups is 2. The average Bonchev–Trinajstić information content (AvgIpc) is 3.02. The van der Waals surface area contributed by atoms with E-state index in [1.165, 1.54) is 30.2 Å². The number of anilines is 1. The van der Waals surface area contributed by atoms with Gasteiger partial charge in [-0.15, -0.1) is 0 Å². The molecular formula is C34H35BrClN3O5S. The van der Waals surface area contributed by atoms with E-state index in [1.54, 1.807) is 31.2 Å². The molecule has 4 aromatic carbocycles. The van der Waals surface area contributed by atoms with Crippen LogP contribution in [-0.4, -0.2) is 51.4 Å². The molecule has 4 rings (SSSR count). The number of likely N-dealkylation sites (N-methyl/N-ethyl adjacent to an activating group) is 1. The molecule has 0 unspecified atom stereocenters. The van der Waals surface area contributed by atoms with Crippen molar-refractivity contribution in [3.8, 4) is 5.75 Å². The van der Waals surface area contributed by atoms with Gasteiger partial charge in [0, 0.05) is 29.0 Å². The first-order valence-corrected chi connectivity index (χ1v) is 16.9. The predicted molar refractivity (Wildman–Crippen MR) is 181 cm³/mol. The summed E-state index contributed by atoms with van der Waals surface area (Å²) in [5, 5.41) is 3.12.